The topological polar surface area (TPSA) is 3.24 Å². The van der Waals surface area contributed by atoms with Gasteiger partial charge in [-0.2, -0.15) is 0 Å². The predicted octanol–water partition coefficient (Wildman–Crippen LogP) is -0.236. The van der Waals surface area contributed by atoms with Crippen molar-refractivity contribution in [1.29, 1.82) is 0 Å². The standard InChI is InChI=1S/C11H17IN/c1-5-13(12-4)11-8-6-7-9(2)10(11)3/h6-8H,5H2,1-4H3/q-1. The molecule has 0 saturated heterocycles. The molecular formula is C11H17IN-. The number of benzene rings is 1. The van der Waals surface area contributed by atoms with Gasteiger partial charge in [-0.15, -0.1) is 0 Å². The van der Waals surface area contributed by atoms with Gasteiger partial charge < -0.3 is 0 Å². The van der Waals surface area contributed by atoms with Gasteiger partial charge >= 0.3 is 91.9 Å². The van der Waals surface area contributed by atoms with Crippen molar-refractivity contribution in [3.63, 3.8) is 0 Å². The number of hydrogen-bond donors (Lipinski definition) is 0. The number of alkyl halides is 1. The summed E-state index contributed by atoms with van der Waals surface area (Å²) in [6.45, 7) is 7.76. The third-order valence-electron chi connectivity index (χ3n) is 2.32. The van der Waals surface area contributed by atoms with Crippen LogP contribution in [0.1, 0.15) is 18.1 Å². The van der Waals surface area contributed by atoms with Crippen LogP contribution in [0.2, 0.25) is 0 Å². The molecule has 0 aromatic heterocycles. The van der Waals surface area contributed by atoms with Crippen LogP contribution in [0.4, 0.5) is 5.69 Å². The van der Waals surface area contributed by atoms with Gasteiger partial charge in [0, 0.05) is 0 Å². The van der Waals surface area contributed by atoms with Gasteiger partial charge in [0.2, 0.25) is 0 Å². The van der Waals surface area contributed by atoms with E-state index in [1.807, 2.05) is 0 Å². The molecule has 1 aromatic rings. The molecule has 0 saturated carbocycles. The fourth-order valence-electron chi connectivity index (χ4n) is 1.38. The Kier molecular flexibility index (Phi) is 4.03. The summed E-state index contributed by atoms with van der Waals surface area (Å²) in [7, 11) is 0. The molecule has 0 aliphatic heterocycles. The van der Waals surface area contributed by atoms with Crippen LogP contribution in [0.25, 0.3) is 0 Å². The molecule has 13 heavy (non-hydrogen) atoms. The Balaban J connectivity index is 3.05. The number of rotatable bonds is 3. The van der Waals surface area contributed by atoms with E-state index in [1.54, 1.807) is 0 Å². The monoisotopic (exact) mass is 290 g/mol. The SMILES string of the molecule is CCN([I-]C)c1cccc(C)c1C. The number of hydrogen-bond acceptors (Lipinski definition) is 1. The Bertz CT molecular complexity index is 279. The molecule has 0 aliphatic rings. The summed E-state index contributed by atoms with van der Waals surface area (Å²) in [6.07, 6.45) is 0. The van der Waals surface area contributed by atoms with Crippen LogP contribution < -0.4 is 24.6 Å². The molecule has 0 unspecified atom stereocenters. The van der Waals surface area contributed by atoms with E-state index in [-0.39, 0.29) is 21.5 Å². The summed E-state index contributed by atoms with van der Waals surface area (Å²) in [4.78, 5) is 2.31. The van der Waals surface area contributed by atoms with Crippen LogP contribution in [-0.4, -0.2) is 11.5 Å². The Labute approximate surface area is 91.8 Å². The molecule has 1 aromatic carbocycles. The average Bonchev–Trinajstić information content (AvgIpc) is 2.14. The van der Waals surface area contributed by atoms with Crippen molar-refractivity contribution >= 4 is 5.69 Å². The van der Waals surface area contributed by atoms with Crippen molar-refractivity contribution in [3.05, 3.63) is 29.3 Å². The maximum atomic E-state index is 2.50. The normalized spacial score (nSPS) is 10.5. The van der Waals surface area contributed by atoms with E-state index in [9.17, 15) is 0 Å². The Morgan fingerprint density at radius 2 is 2.00 bits per heavy atom. The zero-order chi connectivity index (χ0) is 9.84. The number of nitrogens with zero attached hydrogens (tertiary/aromatic N) is 1. The van der Waals surface area contributed by atoms with Crippen molar-refractivity contribution in [2.45, 2.75) is 20.8 Å². The van der Waals surface area contributed by atoms with Crippen molar-refractivity contribution < 1.29 is 21.5 Å². The minimum atomic E-state index is 0.167. The molecule has 0 bridgehead atoms. The summed E-state index contributed by atoms with van der Waals surface area (Å²) in [5, 5.41) is 0. The molecule has 0 atom stereocenters. The van der Waals surface area contributed by atoms with Crippen LogP contribution in [0.5, 0.6) is 0 Å². The zero-order valence-corrected chi connectivity index (χ0v) is 10.9. The maximum absolute atomic E-state index is 2.50. The van der Waals surface area contributed by atoms with Crippen molar-refractivity contribution in [2.24, 2.45) is 0 Å². The molecule has 74 valence electrons. The summed E-state index contributed by atoms with van der Waals surface area (Å²) in [5.41, 5.74) is 4.26. The molecule has 0 aliphatic carbocycles. The van der Waals surface area contributed by atoms with Gasteiger partial charge in [0.1, 0.15) is 0 Å². The van der Waals surface area contributed by atoms with Gasteiger partial charge in [-0.1, -0.05) is 0 Å². The van der Waals surface area contributed by atoms with Crippen LogP contribution in [0.15, 0.2) is 18.2 Å². The van der Waals surface area contributed by atoms with Gasteiger partial charge in [0.05, 0.1) is 0 Å². The van der Waals surface area contributed by atoms with Crippen molar-refractivity contribution in [1.82, 2.24) is 0 Å². The first-order valence-corrected chi connectivity index (χ1v) is 7.66. The van der Waals surface area contributed by atoms with Gasteiger partial charge in [-0.05, 0) is 0 Å². The Morgan fingerprint density at radius 1 is 1.31 bits per heavy atom. The van der Waals surface area contributed by atoms with Crippen LogP contribution in [0, 0.1) is 13.8 Å². The third-order valence-corrected chi connectivity index (χ3v) is 4.69. The first-order chi connectivity index (χ1) is 6.20. The molecule has 0 fully saturated rings. The minimum absolute atomic E-state index is 0.167. The summed E-state index contributed by atoms with van der Waals surface area (Å²) in [6, 6.07) is 6.56. The van der Waals surface area contributed by atoms with Crippen LogP contribution in [-0.2, 0) is 0 Å². The molecule has 0 radical (unpaired) electrons. The second-order valence-electron chi connectivity index (χ2n) is 3.07. The van der Waals surface area contributed by atoms with E-state index in [0.29, 0.717) is 0 Å². The van der Waals surface area contributed by atoms with Gasteiger partial charge in [0.25, 0.3) is 0 Å². The van der Waals surface area contributed by atoms with Gasteiger partial charge in [-0.25, -0.2) is 0 Å². The van der Waals surface area contributed by atoms with E-state index >= 15 is 0 Å². The van der Waals surface area contributed by atoms with E-state index in [2.05, 4.69) is 47.0 Å². The van der Waals surface area contributed by atoms with Crippen LogP contribution >= 0.6 is 0 Å². The van der Waals surface area contributed by atoms with E-state index in [0.717, 1.165) is 6.54 Å². The van der Waals surface area contributed by atoms with Gasteiger partial charge in [-0.3, -0.25) is 0 Å². The van der Waals surface area contributed by atoms with E-state index in [1.165, 1.54) is 16.8 Å². The fourth-order valence-corrected chi connectivity index (χ4v) is 3.10. The Morgan fingerprint density at radius 3 is 2.54 bits per heavy atom. The molecular weight excluding hydrogens is 273 g/mol. The first-order valence-electron chi connectivity index (χ1n) is 4.54. The molecule has 0 heterocycles. The quantitative estimate of drug-likeness (QED) is 0.422. The molecule has 0 N–H and O–H groups in total. The molecule has 1 rings (SSSR count). The second kappa shape index (κ2) is 4.84. The Hall–Kier alpha value is -0.250. The third kappa shape index (κ3) is 2.36. The first kappa shape index (κ1) is 10.8. The number of anilines is 1. The van der Waals surface area contributed by atoms with Crippen molar-refractivity contribution in [3.8, 4) is 0 Å². The van der Waals surface area contributed by atoms with E-state index < -0.39 is 0 Å². The average molecular weight is 290 g/mol. The fraction of sp³-hybridized carbons (Fsp3) is 0.455. The van der Waals surface area contributed by atoms with E-state index in [4.69, 9.17) is 0 Å². The molecule has 1 nitrogen and oxygen atoms in total. The zero-order valence-electron chi connectivity index (χ0n) is 8.76. The predicted molar refractivity (Wildman–Crippen MR) is 54.9 cm³/mol. The molecule has 2 heteroatoms. The van der Waals surface area contributed by atoms with Crippen LogP contribution in [0.3, 0.4) is 0 Å². The van der Waals surface area contributed by atoms with Crippen molar-refractivity contribution in [2.75, 3.05) is 14.6 Å². The number of aryl methyl sites for hydroxylation is 1. The van der Waals surface area contributed by atoms with Gasteiger partial charge in [0.15, 0.2) is 0 Å². The second-order valence-corrected chi connectivity index (χ2v) is 5.20. The summed E-state index contributed by atoms with van der Waals surface area (Å²) in [5.74, 6) is 0. The summed E-state index contributed by atoms with van der Waals surface area (Å²) >= 11 is 0.167. The molecule has 0 amide bonds. The summed E-state index contributed by atoms with van der Waals surface area (Å²) < 4.78 is 2.50. The molecule has 0 spiro atoms. The number of halogens is 1.